The largest absolute Gasteiger partial charge is 0.459 e. The predicted molar refractivity (Wildman–Crippen MR) is 69.2 cm³/mol. The van der Waals surface area contributed by atoms with Crippen LogP contribution in [0.5, 0.6) is 0 Å². The zero-order chi connectivity index (χ0) is 14.7. The van der Waals surface area contributed by atoms with Crippen LogP contribution in [0.25, 0.3) is 0 Å². The van der Waals surface area contributed by atoms with Crippen LogP contribution in [0, 0.1) is 12.7 Å². The smallest absolute Gasteiger partial charge is 0.288 e. The SMILES string of the molecule is Cc1ccoc1C(=O)N[C@H](C(N)=O)c1ccc(F)cc1. The van der Waals surface area contributed by atoms with Crippen molar-refractivity contribution in [3.63, 3.8) is 0 Å². The molecule has 0 aliphatic heterocycles. The molecule has 1 atom stereocenters. The number of rotatable bonds is 4. The van der Waals surface area contributed by atoms with Gasteiger partial charge in [-0.1, -0.05) is 12.1 Å². The van der Waals surface area contributed by atoms with Crippen LogP contribution >= 0.6 is 0 Å². The van der Waals surface area contributed by atoms with E-state index in [0.717, 1.165) is 0 Å². The van der Waals surface area contributed by atoms with E-state index >= 15 is 0 Å². The van der Waals surface area contributed by atoms with Gasteiger partial charge < -0.3 is 15.5 Å². The predicted octanol–water partition coefficient (Wildman–Crippen LogP) is 1.68. The van der Waals surface area contributed by atoms with Gasteiger partial charge in [-0.2, -0.15) is 0 Å². The molecule has 0 saturated carbocycles. The Bertz CT molecular complexity index is 634. The summed E-state index contributed by atoms with van der Waals surface area (Å²) < 4.78 is 17.9. The van der Waals surface area contributed by atoms with Crippen molar-refractivity contribution >= 4 is 11.8 Å². The number of carbonyl (C=O) groups is 2. The van der Waals surface area contributed by atoms with E-state index in [0.29, 0.717) is 11.1 Å². The van der Waals surface area contributed by atoms with Gasteiger partial charge in [-0.15, -0.1) is 0 Å². The summed E-state index contributed by atoms with van der Waals surface area (Å²) in [6.07, 6.45) is 1.38. The molecule has 20 heavy (non-hydrogen) atoms. The van der Waals surface area contributed by atoms with E-state index in [9.17, 15) is 14.0 Å². The number of halogens is 1. The summed E-state index contributed by atoms with van der Waals surface area (Å²) in [5, 5.41) is 2.47. The monoisotopic (exact) mass is 276 g/mol. The van der Waals surface area contributed by atoms with Gasteiger partial charge in [0.2, 0.25) is 5.91 Å². The minimum Gasteiger partial charge on any atom is -0.459 e. The fourth-order valence-corrected chi connectivity index (χ4v) is 1.78. The van der Waals surface area contributed by atoms with E-state index < -0.39 is 23.7 Å². The molecule has 104 valence electrons. The third-order valence-electron chi connectivity index (χ3n) is 2.83. The standard InChI is InChI=1S/C14H13FN2O3/c1-8-6-7-20-12(8)14(19)17-11(13(16)18)9-2-4-10(15)5-3-9/h2-7,11H,1H3,(H2,16,18)(H,17,19)/t11-/m0/s1. The van der Waals surface area contributed by atoms with Crippen molar-refractivity contribution in [3.05, 3.63) is 59.3 Å². The molecule has 1 aromatic carbocycles. The van der Waals surface area contributed by atoms with Gasteiger partial charge in [-0.3, -0.25) is 9.59 Å². The third kappa shape index (κ3) is 2.85. The van der Waals surface area contributed by atoms with Crippen LogP contribution in [0.4, 0.5) is 4.39 Å². The second kappa shape index (κ2) is 5.56. The lowest BCUT2D eigenvalue weighted by molar-refractivity contribution is -0.120. The molecule has 0 aliphatic carbocycles. The lowest BCUT2D eigenvalue weighted by atomic mass is 10.1. The van der Waals surface area contributed by atoms with E-state index in [1.165, 1.54) is 30.5 Å². The van der Waals surface area contributed by atoms with Crippen molar-refractivity contribution in [2.75, 3.05) is 0 Å². The summed E-state index contributed by atoms with van der Waals surface area (Å²) in [7, 11) is 0. The van der Waals surface area contributed by atoms with Gasteiger partial charge in [0.15, 0.2) is 5.76 Å². The number of nitrogens with two attached hydrogens (primary N) is 1. The van der Waals surface area contributed by atoms with Crippen molar-refractivity contribution in [1.82, 2.24) is 5.32 Å². The number of aryl methyl sites for hydroxylation is 1. The first-order valence-electron chi connectivity index (χ1n) is 5.89. The first kappa shape index (κ1) is 13.8. The molecule has 0 fully saturated rings. The molecule has 2 rings (SSSR count). The third-order valence-corrected chi connectivity index (χ3v) is 2.83. The van der Waals surface area contributed by atoms with E-state index in [4.69, 9.17) is 10.2 Å². The van der Waals surface area contributed by atoms with Gasteiger partial charge in [-0.05, 0) is 30.7 Å². The molecule has 0 bridgehead atoms. The molecular weight excluding hydrogens is 263 g/mol. The summed E-state index contributed by atoms with van der Waals surface area (Å²) in [5.74, 6) is -1.63. The molecule has 0 radical (unpaired) electrons. The van der Waals surface area contributed by atoms with E-state index in [-0.39, 0.29) is 5.76 Å². The van der Waals surface area contributed by atoms with Crippen LogP contribution in [0.1, 0.15) is 27.7 Å². The van der Waals surface area contributed by atoms with Gasteiger partial charge in [0.05, 0.1) is 6.26 Å². The minimum atomic E-state index is -1.05. The molecule has 0 aliphatic rings. The van der Waals surface area contributed by atoms with Gasteiger partial charge in [0.25, 0.3) is 5.91 Å². The average molecular weight is 276 g/mol. The highest BCUT2D eigenvalue weighted by Crippen LogP contribution is 2.16. The summed E-state index contributed by atoms with van der Waals surface area (Å²) >= 11 is 0. The maximum absolute atomic E-state index is 12.9. The van der Waals surface area contributed by atoms with Crippen LogP contribution in [0.15, 0.2) is 41.0 Å². The Morgan fingerprint density at radius 2 is 1.90 bits per heavy atom. The molecule has 5 nitrogen and oxygen atoms in total. The second-order valence-corrected chi connectivity index (χ2v) is 4.29. The number of hydrogen-bond donors (Lipinski definition) is 2. The van der Waals surface area contributed by atoms with Gasteiger partial charge in [0, 0.05) is 5.56 Å². The van der Waals surface area contributed by atoms with Crippen LogP contribution in [0.2, 0.25) is 0 Å². The van der Waals surface area contributed by atoms with Crippen molar-refractivity contribution in [2.45, 2.75) is 13.0 Å². The number of benzene rings is 1. The normalized spacial score (nSPS) is 11.9. The van der Waals surface area contributed by atoms with E-state index in [2.05, 4.69) is 5.32 Å². The Morgan fingerprint density at radius 1 is 1.25 bits per heavy atom. The minimum absolute atomic E-state index is 0.110. The molecule has 1 aromatic heterocycles. The summed E-state index contributed by atoms with van der Waals surface area (Å²) in [6, 6.07) is 5.74. The highest BCUT2D eigenvalue weighted by atomic mass is 19.1. The number of hydrogen-bond acceptors (Lipinski definition) is 3. The number of carbonyl (C=O) groups excluding carboxylic acids is 2. The molecule has 2 amide bonds. The molecule has 2 aromatic rings. The number of furan rings is 1. The molecule has 0 spiro atoms. The number of amides is 2. The first-order chi connectivity index (χ1) is 9.49. The van der Waals surface area contributed by atoms with Crippen molar-refractivity contribution in [2.24, 2.45) is 5.73 Å². The molecule has 0 unspecified atom stereocenters. The highest BCUT2D eigenvalue weighted by Gasteiger charge is 2.23. The van der Waals surface area contributed by atoms with Gasteiger partial charge in [0.1, 0.15) is 11.9 Å². The van der Waals surface area contributed by atoms with E-state index in [1.54, 1.807) is 13.0 Å². The Hall–Kier alpha value is -2.63. The topological polar surface area (TPSA) is 85.3 Å². The Balaban J connectivity index is 2.22. The molecule has 6 heteroatoms. The maximum Gasteiger partial charge on any atom is 0.288 e. The number of nitrogens with one attached hydrogen (secondary N) is 1. The van der Waals surface area contributed by atoms with Crippen molar-refractivity contribution in [1.29, 1.82) is 0 Å². The molecular formula is C14H13FN2O3. The molecule has 1 heterocycles. The second-order valence-electron chi connectivity index (χ2n) is 4.29. The van der Waals surface area contributed by atoms with E-state index in [1.807, 2.05) is 0 Å². The quantitative estimate of drug-likeness (QED) is 0.891. The fourth-order valence-electron chi connectivity index (χ4n) is 1.78. The van der Waals surface area contributed by atoms with Crippen LogP contribution < -0.4 is 11.1 Å². The number of primary amides is 1. The maximum atomic E-state index is 12.9. The fraction of sp³-hybridized carbons (Fsp3) is 0.143. The zero-order valence-electron chi connectivity index (χ0n) is 10.7. The van der Waals surface area contributed by atoms with Crippen molar-refractivity contribution in [3.8, 4) is 0 Å². The Morgan fingerprint density at radius 3 is 2.40 bits per heavy atom. The lowest BCUT2D eigenvalue weighted by Crippen LogP contribution is -2.37. The van der Waals surface area contributed by atoms with Crippen LogP contribution in [-0.4, -0.2) is 11.8 Å². The Labute approximate surface area is 114 Å². The average Bonchev–Trinajstić information content (AvgIpc) is 2.83. The Kier molecular flexibility index (Phi) is 3.84. The first-order valence-corrected chi connectivity index (χ1v) is 5.89. The summed E-state index contributed by atoms with van der Waals surface area (Å²) in [5.41, 5.74) is 6.31. The van der Waals surface area contributed by atoms with Crippen LogP contribution in [-0.2, 0) is 4.79 Å². The van der Waals surface area contributed by atoms with Gasteiger partial charge in [-0.25, -0.2) is 4.39 Å². The molecule has 0 saturated heterocycles. The van der Waals surface area contributed by atoms with Gasteiger partial charge >= 0.3 is 0 Å². The van der Waals surface area contributed by atoms with Crippen molar-refractivity contribution < 1.29 is 18.4 Å². The highest BCUT2D eigenvalue weighted by molar-refractivity contribution is 5.96. The zero-order valence-corrected chi connectivity index (χ0v) is 10.7. The summed E-state index contributed by atoms with van der Waals surface area (Å²) in [6.45, 7) is 1.70. The lowest BCUT2D eigenvalue weighted by Gasteiger charge is -2.15. The van der Waals surface area contributed by atoms with Crippen LogP contribution in [0.3, 0.4) is 0 Å². The molecule has 3 N–H and O–H groups in total. The summed E-state index contributed by atoms with van der Waals surface area (Å²) in [4.78, 5) is 23.5.